The van der Waals surface area contributed by atoms with Crippen LogP contribution in [0.2, 0.25) is 0 Å². The molecule has 2 aliphatic rings. The van der Waals surface area contributed by atoms with Crippen molar-refractivity contribution in [3.8, 4) is 0 Å². The number of rotatable bonds is 1. The molecule has 0 aromatic heterocycles. The summed E-state index contributed by atoms with van der Waals surface area (Å²) in [5.41, 5.74) is 8.94. The largest absolute Gasteiger partial charge is 0.107 e. The molecular weight excluding hydrogens is 518 g/mol. The number of hydrogen-bond donors (Lipinski definition) is 0. The van der Waals surface area contributed by atoms with Crippen molar-refractivity contribution in [3.05, 3.63) is 82.9 Å². The quantitative estimate of drug-likeness (QED) is 0.338. The highest BCUT2D eigenvalue weighted by Crippen LogP contribution is 2.55. The van der Waals surface area contributed by atoms with Gasteiger partial charge in [0, 0.05) is 5.41 Å². The maximum Gasteiger partial charge on any atom is 0.0161 e. The lowest BCUT2D eigenvalue weighted by Gasteiger charge is -2.30. The molecule has 0 N–H and O–H groups in total. The van der Waals surface area contributed by atoms with Crippen molar-refractivity contribution in [2.24, 2.45) is 5.92 Å². The summed E-state index contributed by atoms with van der Waals surface area (Å²) in [6.07, 6.45) is 3.58. The number of allylic oxidation sites excluding steroid dienone is 4. The van der Waals surface area contributed by atoms with E-state index in [0.717, 1.165) is 6.42 Å². The van der Waals surface area contributed by atoms with E-state index in [0.29, 0.717) is 5.92 Å². The van der Waals surface area contributed by atoms with Crippen molar-refractivity contribution in [1.29, 1.82) is 0 Å². The van der Waals surface area contributed by atoms with Crippen LogP contribution >= 0.6 is 48.0 Å². The highest BCUT2D eigenvalue weighted by Gasteiger charge is 2.41. The van der Waals surface area contributed by atoms with Crippen LogP contribution in [0.4, 0.5) is 0 Å². The molecule has 2 aliphatic carbocycles. The Labute approximate surface area is 179 Å². The summed E-state index contributed by atoms with van der Waals surface area (Å²) in [6.45, 7) is 7.12. The van der Waals surface area contributed by atoms with Crippen LogP contribution in [0.3, 0.4) is 0 Å². The topological polar surface area (TPSA) is 0 Å². The lowest BCUT2D eigenvalue weighted by molar-refractivity contribution is 0.648. The van der Waals surface area contributed by atoms with E-state index in [1.807, 2.05) is 0 Å². The maximum absolute atomic E-state index is 2.45. The van der Waals surface area contributed by atoms with Crippen molar-refractivity contribution >= 4 is 59.1 Å². The van der Waals surface area contributed by atoms with E-state index in [4.69, 9.17) is 0 Å². The minimum Gasteiger partial charge on any atom is -0.107 e. The summed E-state index contributed by atoms with van der Waals surface area (Å²) < 4.78 is 0. The Kier molecular flexibility index (Phi) is 6.01. The van der Waals surface area contributed by atoms with Crippen LogP contribution in [0.1, 0.15) is 43.9 Å². The van der Waals surface area contributed by atoms with Crippen LogP contribution in [-0.4, -0.2) is 0 Å². The summed E-state index contributed by atoms with van der Waals surface area (Å²) in [5.74, 6) is 0.602. The molecule has 24 heavy (non-hydrogen) atoms. The van der Waals surface area contributed by atoms with Gasteiger partial charge in [-0.3, -0.25) is 0 Å². The van der Waals surface area contributed by atoms with Crippen molar-refractivity contribution in [2.45, 2.75) is 32.6 Å². The summed E-state index contributed by atoms with van der Waals surface area (Å²) >= 11 is 0. The van der Waals surface area contributed by atoms with Gasteiger partial charge in [0.2, 0.25) is 0 Å². The van der Waals surface area contributed by atoms with Crippen LogP contribution in [0, 0.1) is 5.92 Å². The second-order valence-electron chi connectivity index (χ2n) is 7.08. The molecule has 0 heterocycles. The van der Waals surface area contributed by atoms with E-state index in [1.54, 1.807) is 11.1 Å². The Hall–Kier alpha value is -0.620. The van der Waals surface area contributed by atoms with Gasteiger partial charge < -0.3 is 0 Å². The van der Waals surface area contributed by atoms with Crippen molar-refractivity contribution < 1.29 is 0 Å². The molecule has 126 valence electrons. The average molecular weight is 542 g/mol. The Balaban J connectivity index is 0.00000104. The fraction of sp³-hybridized carbons (Fsp3) is 0.273. The van der Waals surface area contributed by atoms with Crippen LogP contribution in [-0.2, 0) is 5.41 Å². The van der Waals surface area contributed by atoms with Crippen molar-refractivity contribution in [3.63, 3.8) is 0 Å². The molecule has 4 rings (SSSR count). The Bertz CT molecular complexity index is 798. The molecule has 0 amide bonds. The zero-order valence-corrected chi connectivity index (χ0v) is 19.0. The smallest absolute Gasteiger partial charge is 0.0161 e. The van der Waals surface area contributed by atoms with Gasteiger partial charge in [-0.05, 0) is 45.7 Å². The molecular formula is C22H24I2. The minimum absolute atomic E-state index is 0. The first-order valence-electron chi connectivity index (χ1n) is 8.21. The third-order valence-corrected chi connectivity index (χ3v) is 5.31. The van der Waals surface area contributed by atoms with Crippen LogP contribution in [0.15, 0.2) is 66.2 Å². The Morgan fingerprint density at radius 2 is 1.50 bits per heavy atom. The predicted octanol–water partition coefficient (Wildman–Crippen LogP) is 7.09. The number of benzene rings is 2. The van der Waals surface area contributed by atoms with E-state index < -0.39 is 0 Å². The van der Waals surface area contributed by atoms with Gasteiger partial charge in [-0.15, -0.1) is 48.0 Å². The summed E-state index contributed by atoms with van der Waals surface area (Å²) in [5, 5.41) is 0. The SMILES string of the molecule is CC1CC=C(c2ccccc2)C2=C1c1ccccc1C2(C)C.I.I. The predicted molar refractivity (Wildman–Crippen MR) is 125 cm³/mol. The number of fused-ring (bicyclic) bond motifs is 2. The Morgan fingerprint density at radius 3 is 2.21 bits per heavy atom. The summed E-state index contributed by atoms with van der Waals surface area (Å²) in [4.78, 5) is 0. The normalized spacial score (nSPS) is 20.3. The van der Waals surface area contributed by atoms with Gasteiger partial charge in [0.05, 0.1) is 0 Å². The summed E-state index contributed by atoms with van der Waals surface area (Å²) in [6, 6.07) is 19.8. The molecule has 0 radical (unpaired) electrons. The van der Waals surface area contributed by atoms with E-state index in [1.165, 1.54) is 22.3 Å². The first kappa shape index (κ1) is 19.7. The van der Waals surface area contributed by atoms with E-state index in [2.05, 4.69) is 81.4 Å². The highest BCUT2D eigenvalue weighted by atomic mass is 127. The third kappa shape index (κ3) is 2.90. The lowest BCUT2D eigenvalue weighted by atomic mass is 9.73. The molecule has 0 saturated carbocycles. The first-order valence-corrected chi connectivity index (χ1v) is 8.21. The summed E-state index contributed by atoms with van der Waals surface area (Å²) in [7, 11) is 0. The van der Waals surface area contributed by atoms with Gasteiger partial charge in [0.25, 0.3) is 0 Å². The second-order valence-corrected chi connectivity index (χ2v) is 7.08. The number of halogens is 2. The lowest BCUT2D eigenvalue weighted by Crippen LogP contribution is -2.20. The van der Waals surface area contributed by atoms with E-state index >= 15 is 0 Å². The molecule has 0 spiro atoms. The first-order chi connectivity index (χ1) is 10.6. The standard InChI is InChI=1S/C22H22.2HI/c1-15-13-14-17(16-9-5-4-6-10-16)21-20(15)18-11-7-8-12-19(18)22(21,2)3;;/h4-12,14-15H,13H2,1-3H3;2*1H. The van der Waals surface area contributed by atoms with Gasteiger partial charge in [-0.25, -0.2) is 0 Å². The Morgan fingerprint density at radius 1 is 0.875 bits per heavy atom. The highest BCUT2D eigenvalue weighted by molar-refractivity contribution is 14.0. The van der Waals surface area contributed by atoms with Gasteiger partial charge in [0.1, 0.15) is 0 Å². The van der Waals surface area contributed by atoms with Crippen LogP contribution in [0.25, 0.3) is 11.1 Å². The van der Waals surface area contributed by atoms with Crippen LogP contribution in [0.5, 0.6) is 0 Å². The molecule has 0 bridgehead atoms. The molecule has 2 aromatic rings. The zero-order valence-electron chi connectivity index (χ0n) is 14.4. The van der Waals surface area contributed by atoms with Gasteiger partial charge >= 0.3 is 0 Å². The average Bonchev–Trinajstić information content (AvgIpc) is 2.79. The van der Waals surface area contributed by atoms with Gasteiger partial charge in [-0.1, -0.05) is 81.4 Å². The molecule has 0 aliphatic heterocycles. The minimum atomic E-state index is 0. The van der Waals surface area contributed by atoms with Gasteiger partial charge in [-0.2, -0.15) is 0 Å². The second kappa shape index (κ2) is 7.32. The van der Waals surface area contributed by atoms with Crippen LogP contribution < -0.4 is 0 Å². The van der Waals surface area contributed by atoms with E-state index in [9.17, 15) is 0 Å². The molecule has 2 aromatic carbocycles. The molecule has 1 unspecified atom stereocenters. The maximum atomic E-state index is 2.45. The third-order valence-electron chi connectivity index (χ3n) is 5.31. The van der Waals surface area contributed by atoms with Crippen molar-refractivity contribution in [2.75, 3.05) is 0 Å². The van der Waals surface area contributed by atoms with E-state index in [-0.39, 0.29) is 53.4 Å². The molecule has 1 atom stereocenters. The zero-order chi connectivity index (χ0) is 15.3. The molecule has 2 heteroatoms. The molecule has 0 nitrogen and oxygen atoms in total. The fourth-order valence-corrected chi connectivity index (χ4v) is 4.26. The fourth-order valence-electron chi connectivity index (χ4n) is 4.26. The van der Waals surface area contributed by atoms with Crippen molar-refractivity contribution in [1.82, 2.24) is 0 Å². The molecule has 0 fully saturated rings. The monoisotopic (exact) mass is 542 g/mol. The molecule has 0 saturated heterocycles. The van der Waals surface area contributed by atoms with Gasteiger partial charge in [0.15, 0.2) is 0 Å². The number of hydrogen-bond acceptors (Lipinski definition) is 0.